The first-order valence-electron chi connectivity index (χ1n) is 9.31. The summed E-state index contributed by atoms with van der Waals surface area (Å²) in [5, 5.41) is 0. The number of nitrogens with one attached hydrogen (secondary N) is 1. The molecule has 0 unspecified atom stereocenters. The Kier molecular flexibility index (Phi) is 6.92. The highest BCUT2D eigenvalue weighted by molar-refractivity contribution is 7.92. The van der Waals surface area contributed by atoms with Crippen LogP contribution < -0.4 is 9.46 Å². The predicted octanol–water partition coefficient (Wildman–Crippen LogP) is 6.76. The second kappa shape index (κ2) is 9.19. The van der Waals surface area contributed by atoms with E-state index in [1.54, 1.807) is 0 Å². The van der Waals surface area contributed by atoms with Gasteiger partial charge in [-0.25, -0.2) is 26.0 Å². The third kappa shape index (κ3) is 4.92. The first-order valence-corrected chi connectivity index (χ1v) is 10.8. The number of alkyl halides is 6. The van der Waals surface area contributed by atoms with E-state index in [0.29, 0.717) is 7.11 Å². The van der Waals surface area contributed by atoms with Crippen LogP contribution in [0.5, 0.6) is 5.75 Å². The highest BCUT2D eigenvalue weighted by atomic mass is 32.2. The summed E-state index contributed by atoms with van der Waals surface area (Å²) in [6, 6.07) is 5.31. The van der Waals surface area contributed by atoms with Crippen LogP contribution in [-0.2, 0) is 22.4 Å². The zero-order chi connectivity index (χ0) is 27.2. The largest absolute Gasteiger partial charge is 0.495 e. The number of rotatable bonds is 5. The number of hydrogen-bond acceptors (Lipinski definition) is 3. The van der Waals surface area contributed by atoms with E-state index in [4.69, 9.17) is 0 Å². The fourth-order valence-corrected chi connectivity index (χ4v) is 4.30. The summed E-state index contributed by atoms with van der Waals surface area (Å²) in [5.41, 5.74) is -9.24. The summed E-state index contributed by atoms with van der Waals surface area (Å²) in [7, 11) is -4.43. The van der Waals surface area contributed by atoms with E-state index in [9.17, 15) is 52.3 Å². The lowest BCUT2D eigenvalue weighted by molar-refractivity contribution is -0.145. The molecule has 0 aliphatic rings. The van der Waals surface area contributed by atoms with Crippen molar-refractivity contribution in [3.05, 3.63) is 76.9 Å². The fourth-order valence-electron chi connectivity index (χ4n) is 3.21. The van der Waals surface area contributed by atoms with Crippen LogP contribution in [0.25, 0.3) is 11.1 Å². The van der Waals surface area contributed by atoms with Crippen molar-refractivity contribution in [3.8, 4) is 16.9 Å². The van der Waals surface area contributed by atoms with Gasteiger partial charge in [-0.05, 0) is 29.8 Å². The van der Waals surface area contributed by atoms with Crippen molar-refractivity contribution < 1.29 is 57.1 Å². The third-order valence-electron chi connectivity index (χ3n) is 4.75. The van der Waals surface area contributed by atoms with Crippen molar-refractivity contribution in [3.63, 3.8) is 0 Å². The minimum atomic E-state index is -5.56. The molecule has 3 aromatic carbocycles. The molecule has 0 saturated carbocycles. The van der Waals surface area contributed by atoms with E-state index in [1.165, 1.54) is 22.9 Å². The van der Waals surface area contributed by atoms with Gasteiger partial charge in [-0.1, -0.05) is 18.2 Å². The van der Waals surface area contributed by atoms with Crippen LogP contribution in [0.3, 0.4) is 0 Å². The molecule has 0 bridgehead atoms. The molecule has 0 fully saturated rings. The van der Waals surface area contributed by atoms with Crippen molar-refractivity contribution in [2.75, 3.05) is 11.8 Å². The van der Waals surface area contributed by atoms with Crippen LogP contribution in [0.1, 0.15) is 11.1 Å². The quantitative estimate of drug-likeness (QED) is 0.218. The summed E-state index contributed by atoms with van der Waals surface area (Å²) in [6.45, 7) is 0. The number of ether oxygens (including phenoxy) is 1. The minimum absolute atomic E-state index is 0.149. The summed E-state index contributed by atoms with van der Waals surface area (Å²) in [5.74, 6) is -11.8. The van der Waals surface area contributed by atoms with Gasteiger partial charge in [0.15, 0.2) is 23.3 Å². The molecule has 3 rings (SSSR count). The van der Waals surface area contributed by atoms with Gasteiger partial charge in [-0.3, -0.25) is 4.72 Å². The van der Waals surface area contributed by atoms with Gasteiger partial charge in [0.05, 0.1) is 28.8 Å². The molecule has 15 heteroatoms. The Balaban J connectivity index is 2.44. The van der Waals surface area contributed by atoms with Crippen molar-refractivity contribution >= 4 is 15.7 Å². The van der Waals surface area contributed by atoms with E-state index in [2.05, 4.69) is 4.74 Å². The van der Waals surface area contributed by atoms with Gasteiger partial charge >= 0.3 is 12.4 Å². The SMILES string of the molecule is COc1c(C(F)(F)F)cc(-c2c(F)c(F)c(F)c(F)c2NS(=O)(=O)c2ccccc2)cc1C(F)(F)F. The smallest absolute Gasteiger partial charge is 0.420 e. The van der Waals surface area contributed by atoms with Gasteiger partial charge < -0.3 is 4.74 Å². The summed E-state index contributed by atoms with van der Waals surface area (Å²) >= 11 is 0. The van der Waals surface area contributed by atoms with E-state index in [1.807, 2.05) is 0 Å². The highest BCUT2D eigenvalue weighted by Gasteiger charge is 2.43. The first kappa shape index (κ1) is 27.1. The lowest BCUT2D eigenvalue weighted by Crippen LogP contribution is -2.18. The van der Waals surface area contributed by atoms with Crippen molar-refractivity contribution in [2.45, 2.75) is 17.2 Å². The number of benzene rings is 3. The molecule has 0 spiro atoms. The Morgan fingerprint density at radius 2 is 1.22 bits per heavy atom. The van der Waals surface area contributed by atoms with Gasteiger partial charge in [0.2, 0.25) is 0 Å². The van der Waals surface area contributed by atoms with Crippen LogP contribution >= 0.6 is 0 Å². The number of halogens is 10. The monoisotopic (exact) mass is 547 g/mol. The zero-order valence-corrected chi connectivity index (χ0v) is 18.3. The molecule has 1 N–H and O–H groups in total. The van der Waals surface area contributed by atoms with Crippen LogP contribution in [0, 0.1) is 23.3 Å². The number of anilines is 1. The maximum Gasteiger partial charge on any atom is 0.420 e. The molecule has 4 nitrogen and oxygen atoms in total. The Hall–Kier alpha value is -3.49. The fraction of sp³-hybridized carbons (Fsp3) is 0.143. The van der Waals surface area contributed by atoms with Crippen LogP contribution in [-0.4, -0.2) is 15.5 Å². The van der Waals surface area contributed by atoms with E-state index in [0.717, 1.165) is 12.1 Å². The average molecular weight is 547 g/mol. The molecule has 194 valence electrons. The number of methoxy groups -OCH3 is 1. The van der Waals surface area contributed by atoms with E-state index >= 15 is 0 Å². The van der Waals surface area contributed by atoms with Gasteiger partial charge in [0.1, 0.15) is 5.75 Å². The minimum Gasteiger partial charge on any atom is -0.495 e. The molecule has 0 radical (unpaired) electrons. The molecule has 3 aromatic rings. The molecule has 0 aromatic heterocycles. The van der Waals surface area contributed by atoms with Gasteiger partial charge in [-0.2, -0.15) is 26.3 Å². The Morgan fingerprint density at radius 1 is 0.750 bits per heavy atom. The van der Waals surface area contributed by atoms with Gasteiger partial charge in [-0.15, -0.1) is 0 Å². The Labute approximate surface area is 196 Å². The molecule has 36 heavy (non-hydrogen) atoms. The highest BCUT2D eigenvalue weighted by Crippen LogP contribution is 2.48. The molecule has 0 heterocycles. The number of sulfonamides is 1. The predicted molar refractivity (Wildman–Crippen MR) is 106 cm³/mol. The van der Waals surface area contributed by atoms with Crippen LogP contribution in [0.15, 0.2) is 47.4 Å². The van der Waals surface area contributed by atoms with E-state index in [-0.39, 0.29) is 12.1 Å². The Morgan fingerprint density at radius 3 is 1.67 bits per heavy atom. The maximum absolute atomic E-state index is 14.8. The standard InChI is InChI=1S/C21H11F10NO3S/c1-35-19-11(20(26,27)28)7-9(8-12(19)21(29,30)31)13-14(22)15(23)16(24)17(25)18(13)32-36(33,34)10-5-3-2-4-6-10/h2-8,32H,1H3. The van der Waals surface area contributed by atoms with Crippen molar-refractivity contribution in [1.82, 2.24) is 0 Å². The lowest BCUT2D eigenvalue weighted by Gasteiger charge is -2.21. The van der Waals surface area contributed by atoms with Crippen molar-refractivity contribution in [1.29, 1.82) is 0 Å². The summed E-state index contributed by atoms with van der Waals surface area (Å²) in [4.78, 5) is -0.623. The van der Waals surface area contributed by atoms with E-state index < -0.39 is 84.2 Å². The second-order valence-electron chi connectivity index (χ2n) is 7.02. The topological polar surface area (TPSA) is 55.4 Å². The first-order chi connectivity index (χ1) is 16.5. The Bertz CT molecular complexity index is 1380. The third-order valence-corrected chi connectivity index (χ3v) is 6.12. The van der Waals surface area contributed by atoms with Gasteiger partial charge in [0.25, 0.3) is 10.0 Å². The molecule has 0 saturated heterocycles. The van der Waals surface area contributed by atoms with Crippen molar-refractivity contribution in [2.24, 2.45) is 0 Å². The molecule has 0 aliphatic heterocycles. The molecule has 0 atom stereocenters. The summed E-state index contributed by atoms with van der Waals surface area (Å²) in [6.07, 6.45) is -11.1. The molecular formula is C21H11F10NO3S. The zero-order valence-electron chi connectivity index (χ0n) is 17.5. The van der Waals surface area contributed by atoms with Crippen LogP contribution in [0.4, 0.5) is 49.6 Å². The summed E-state index contributed by atoms with van der Waals surface area (Å²) < 4.78 is 170. The van der Waals surface area contributed by atoms with Gasteiger partial charge in [0, 0.05) is 5.56 Å². The molecule has 0 amide bonds. The second-order valence-corrected chi connectivity index (χ2v) is 8.71. The number of hydrogen-bond donors (Lipinski definition) is 1. The maximum atomic E-state index is 14.8. The molecule has 0 aliphatic carbocycles. The normalized spacial score (nSPS) is 12.5. The van der Waals surface area contributed by atoms with Crippen LogP contribution in [0.2, 0.25) is 0 Å². The molecular weight excluding hydrogens is 536 g/mol. The lowest BCUT2D eigenvalue weighted by atomic mass is 9.95. The average Bonchev–Trinajstić information content (AvgIpc) is 2.80.